The van der Waals surface area contributed by atoms with Gasteiger partial charge in [-0.15, -0.1) is 0 Å². The number of fused-ring (bicyclic) bond motifs is 3. The Morgan fingerprint density at radius 1 is 1.12 bits per heavy atom. The number of primary amides is 1. The van der Waals surface area contributed by atoms with E-state index < -0.39 is 64.4 Å². The molecule has 2 fully saturated rings. The van der Waals surface area contributed by atoms with Gasteiger partial charge in [0, 0.05) is 17.0 Å². The van der Waals surface area contributed by atoms with Crippen molar-refractivity contribution in [2.75, 3.05) is 14.1 Å². The predicted octanol–water partition coefficient (Wildman–Crippen LogP) is 1.02. The van der Waals surface area contributed by atoms with Gasteiger partial charge in [-0.25, -0.2) is 0 Å². The molecule has 5 N–H and O–H groups in total. The van der Waals surface area contributed by atoms with Crippen LogP contribution in [-0.4, -0.2) is 75.4 Å². The molecule has 2 aromatic rings. The van der Waals surface area contributed by atoms with Crippen LogP contribution in [0.1, 0.15) is 48.9 Å². The first-order valence-electron chi connectivity index (χ1n) is 13.6. The third-order valence-corrected chi connectivity index (χ3v) is 8.66. The van der Waals surface area contributed by atoms with Gasteiger partial charge in [0.1, 0.15) is 17.3 Å². The molecule has 1 aromatic carbocycles. The first-order chi connectivity index (χ1) is 19.1. The maximum Gasteiger partial charge on any atom is 0.235 e. The molecule has 0 saturated heterocycles. The van der Waals surface area contributed by atoms with Crippen molar-refractivity contribution >= 4 is 29.0 Å². The maximum absolute atomic E-state index is 13.9. The van der Waals surface area contributed by atoms with Crippen LogP contribution in [0.4, 0.5) is 0 Å². The van der Waals surface area contributed by atoms with Crippen LogP contribution >= 0.6 is 0 Å². The van der Waals surface area contributed by atoms with Crippen molar-refractivity contribution in [1.82, 2.24) is 10.2 Å². The van der Waals surface area contributed by atoms with Gasteiger partial charge in [0.25, 0.3) is 0 Å². The largest absolute Gasteiger partial charge is 0.507 e. The molecular formula is C30H35N3O8. The Balaban J connectivity index is 1.57. The number of nitrogens with two attached hydrogens (primary N) is 1. The molecule has 41 heavy (non-hydrogen) atoms. The Morgan fingerprint density at radius 3 is 2.41 bits per heavy atom. The molecule has 5 rings (SSSR count). The Morgan fingerprint density at radius 2 is 1.80 bits per heavy atom. The second-order valence-corrected chi connectivity index (χ2v) is 12.6. The average molecular weight is 566 g/mol. The summed E-state index contributed by atoms with van der Waals surface area (Å²) in [5.74, 6) is -9.59. The van der Waals surface area contributed by atoms with Gasteiger partial charge in [0.15, 0.2) is 34.7 Å². The van der Waals surface area contributed by atoms with Gasteiger partial charge in [-0.3, -0.25) is 28.9 Å². The summed E-state index contributed by atoms with van der Waals surface area (Å²) in [5, 5.41) is 25.8. The van der Waals surface area contributed by atoms with Crippen LogP contribution in [0.5, 0.6) is 5.75 Å². The SMILES string of the molecule is CN(C)C1C(=O)C(C(N)=O)C(=O)[C@@]2(O)C(=O)C3C(=O)c4c(O)ccc(-c5ccc(CNC(C)(C)C)o5)c4C[C@H]3C[C@@H]12. The van der Waals surface area contributed by atoms with E-state index in [0.717, 1.165) is 0 Å². The lowest BCUT2D eigenvalue weighted by Gasteiger charge is -2.52. The van der Waals surface area contributed by atoms with Crippen molar-refractivity contribution in [2.24, 2.45) is 29.4 Å². The monoisotopic (exact) mass is 565 g/mol. The molecule has 11 nitrogen and oxygen atoms in total. The molecule has 1 heterocycles. The van der Waals surface area contributed by atoms with E-state index in [-0.39, 0.29) is 29.7 Å². The van der Waals surface area contributed by atoms with Crippen LogP contribution in [-0.2, 0) is 32.1 Å². The number of likely N-dealkylation sites (N-methyl/N-ethyl adjacent to an activating group) is 1. The molecule has 0 spiro atoms. The van der Waals surface area contributed by atoms with E-state index in [1.807, 2.05) is 26.8 Å². The number of benzene rings is 1. The fraction of sp³-hybridized carbons (Fsp3) is 0.500. The van der Waals surface area contributed by atoms with E-state index in [9.17, 15) is 34.2 Å². The van der Waals surface area contributed by atoms with Gasteiger partial charge in [-0.1, -0.05) is 0 Å². The second-order valence-electron chi connectivity index (χ2n) is 12.6. The first kappa shape index (κ1) is 28.8. The van der Waals surface area contributed by atoms with Crippen LogP contribution in [0.25, 0.3) is 11.3 Å². The number of rotatable bonds is 5. The Kier molecular flexibility index (Phi) is 6.83. The standard InChI is InChI=1S/C30H35N3O8/c1-29(2,3)32-12-14-6-9-19(41-14)15-7-8-18(34)21-16(15)10-13-11-17-23(33(4)5)25(36)22(28(31)39)27(38)30(17,40)26(37)20(13)24(21)35/h6-9,13,17,20,22-23,32,34,40H,10-12H2,1-5H3,(H2,31,39)/t13-,17-,20?,22?,23?,30-/m0/s1. The Bertz CT molecular complexity index is 1480. The van der Waals surface area contributed by atoms with E-state index in [1.165, 1.54) is 11.0 Å². The van der Waals surface area contributed by atoms with Crippen molar-refractivity contribution in [2.45, 2.75) is 57.3 Å². The van der Waals surface area contributed by atoms with Crippen molar-refractivity contribution in [3.63, 3.8) is 0 Å². The molecular weight excluding hydrogens is 530 g/mol. The van der Waals surface area contributed by atoms with Gasteiger partial charge in [0.05, 0.1) is 24.1 Å². The average Bonchev–Trinajstić information content (AvgIpc) is 3.33. The summed E-state index contributed by atoms with van der Waals surface area (Å²) in [5.41, 5.74) is 3.47. The number of Topliss-reactive ketones (excluding diaryl/α,β-unsaturated/α-hetero) is 4. The van der Waals surface area contributed by atoms with E-state index in [0.29, 0.717) is 29.2 Å². The number of amides is 1. The quantitative estimate of drug-likeness (QED) is 0.382. The summed E-state index contributed by atoms with van der Waals surface area (Å²) in [4.78, 5) is 68.0. The fourth-order valence-electron chi connectivity index (χ4n) is 6.81. The highest BCUT2D eigenvalue weighted by molar-refractivity contribution is 6.32. The minimum Gasteiger partial charge on any atom is -0.507 e. The van der Waals surface area contributed by atoms with Gasteiger partial charge in [-0.05, 0) is 83.5 Å². The van der Waals surface area contributed by atoms with E-state index in [4.69, 9.17) is 10.2 Å². The number of phenols is 1. The van der Waals surface area contributed by atoms with Gasteiger partial charge < -0.3 is 25.7 Å². The van der Waals surface area contributed by atoms with Crippen molar-refractivity contribution in [3.8, 4) is 17.1 Å². The summed E-state index contributed by atoms with van der Waals surface area (Å²) in [6.07, 6.45) is 0.143. The minimum absolute atomic E-state index is 0.0160. The molecule has 0 radical (unpaired) electrons. The number of hydrogen-bond donors (Lipinski definition) is 4. The third-order valence-electron chi connectivity index (χ3n) is 8.66. The highest BCUT2D eigenvalue weighted by atomic mass is 16.3. The van der Waals surface area contributed by atoms with Crippen LogP contribution < -0.4 is 11.1 Å². The highest BCUT2D eigenvalue weighted by Gasteiger charge is 2.69. The van der Waals surface area contributed by atoms with Gasteiger partial charge >= 0.3 is 0 Å². The molecule has 3 aliphatic rings. The number of carbonyl (C=O) groups is 5. The maximum atomic E-state index is 13.9. The number of phenolic OH excluding ortho intramolecular Hbond substituents is 1. The van der Waals surface area contributed by atoms with Crippen LogP contribution in [0.3, 0.4) is 0 Å². The minimum atomic E-state index is -2.75. The smallest absolute Gasteiger partial charge is 0.235 e. The normalized spacial score (nSPS) is 29.8. The zero-order chi connectivity index (χ0) is 30.2. The zero-order valence-electron chi connectivity index (χ0n) is 23.7. The van der Waals surface area contributed by atoms with Crippen LogP contribution in [0.2, 0.25) is 0 Å². The molecule has 1 aromatic heterocycles. The summed E-state index contributed by atoms with van der Waals surface area (Å²) in [7, 11) is 3.10. The second kappa shape index (κ2) is 9.71. The van der Waals surface area contributed by atoms with E-state index in [1.54, 1.807) is 26.2 Å². The predicted molar refractivity (Wildman–Crippen MR) is 146 cm³/mol. The van der Waals surface area contributed by atoms with E-state index in [2.05, 4.69) is 5.32 Å². The number of hydrogen-bond acceptors (Lipinski definition) is 10. The highest BCUT2D eigenvalue weighted by Crippen LogP contribution is 2.51. The lowest BCUT2D eigenvalue weighted by atomic mass is 9.52. The van der Waals surface area contributed by atoms with E-state index >= 15 is 0 Å². The fourth-order valence-corrected chi connectivity index (χ4v) is 6.81. The lowest BCUT2D eigenvalue weighted by Crippen LogP contribution is -2.74. The van der Waals surface area contributed by atoms with Crippen molar-refractivity contribution in [3.05, 3.63) is 41.2 Å². The van der Waals surface area contributed by atoms with Crippen molar-refractivity contribution < 1.29 is 38.6 Å². The molecule has 0 aliphatic heterocycles. The number of aliphatic hydroxyl groups is 1. The molecule has 6 atom stereocenters. The van der Waals surface area contributed by atoms with Crippen LogP contribution in [0, 0.1) is 23.7 Å². The van der Waals surface area contributed by atoms with Gasteiger partial charge in [-0.2, -0.15) is 0 Å². The number of ketones is 4. The molecule has 0 bridgehead atoms. The molecule has 3 unspecified atom stereocenters. The summed E-state index contributed by atoms with van der Waals surface area (Å²) in [6, 6.07) is 5.45. The molecule has 11 heteroatoms. The number of furan rings is 1. The molecule has 218 valence electrons. The summed E-state index contributed by atoms with van der Waals surface area (Å²) >= 11 is 0. The zero-order valence-corrected chi connectivity index (χ0v) is 23.7. The number of nitrogens with one attached hydrogen (secondary N) is 1. The van der Waals surface area contributed by atoms with Crippen molar-refractivity contribution in [1.29, 1.82) is 0 Å². The topological polar surface area (TPSA) is 180 Å². The number of nitrogens with zero attached hydrogens (tertiary/aromatic N) is 1. The summed E-state index contributed by atoms with van der Waals surface area (Å²) in [6.45, 7) is 6.57. The Hall–Kier alpha value is -3.67. The third kappa shape index (κ3) is 4.43. The Labute approximate surface area is 237 Å². The molecule has 3 aliphatic carbocycles. The lowest BCUT2D eigenvalue weighted by molar-refractivity contribution is -0.181. The number of aromatic hydroxyl groups is 1. The van der Waals surface area contributed by atoms with Crippen LogP contribution in [0.15, 0.2) is 28.7 Å². The number of carbonyl (C=O) groups excluding carboxylic acids is 5. The molecule has 1 amide bonds. The summed E-state index contributed by atoms with van der Waals surface area (Å²) < 4.78 is 6.07. The van der Waals surface area contributed by atoms with Gasteiger partial charge in [0.2, 0.25) is 5.91 Å². The molecule has 2 saturated carbocycles. The first-order valence-corrected chi connectivity index (χ1v) is 13.6.